The van der Waals surface area contributed by atoms with E-state index < -0.39 is 0 Å². The minimum absolute atomic E-state index is 0.303. The van der Waals surface area contributed by atoms with E-state index in [1.807, 2.05) is 0 Å². The average molecular weight is 196 g/mol. The fourth-order valence-electron chi connectivity index (χ4n) is 2.54. The summed E-state index contributed by atoms with van der Waals surface area (Å²) in [7, 11) is 0. The van der Waals surface area contributed by atoms with Crippen molar-refractivity contribution >= 4 is 5.84 Å². The lowest BCUT2D eigenvalue weighted by Crippen LogP contribution is -2.39. The third-order valence-electron chi connectivity index (χ3n) is 3.26. The van der Waals surface area contributed by atoms with E-state index in [1.165, 1.54) is 44.6 Å². The van der Waals surface area contributed by atoms with Crippen LogP contribution in [0.2, 0.25) is 0 Å². The fraction of sp³-hybridized carbons (Fsp3) is 0.909. The van der Waals surface area contributed by atoms with Gasteiger partial charge in [0.25, 0.3) is 0 Å². The van der Waals surface area contributed by atoms with Gasteiger partial charge in [-0.25, -0.2) is 0 Å². The minimum Gasteiger partial charge on any atom is -0.396 e. The van der Waals surface area contributed by atoms with Crippen molar-refractivity contribution in [3.05, 3.63) is 0 Å². The third-order valence-corrected chi connectivity index (χ3v) is 3.26. The van der Waals surface area contributed by atoms with Crippen molar-refractivity contribution in [2.75, 3.05) is 26.2 Å². The molecule has 0 amide bonds. The van der Waals surface area contributed by atoms with Crippen LogP contribution in [0, 0.1) is 5.92 Å². The van der Waals surface area contributed by atoms with Crippen LogP contribution in [0.4, 0.5) is 0 Å². The van der Waals surface area contributed by atoms with Crippen LogP contribution in [0.3, 0.4) is 0 Å². The Labute approximate surface area is 85.8 Å². The zero-order chi connectivity index (χ0) is 9.80. The van der Waals surface area contributed by atoms with Crippen molar-refractivity contribution in [3.63, 3.8) is 0 Å². The first-order valence-corrected chi connectivity index (χ1v) is 5.82. The predicted molar refractivity (Wildman–Crippen MR) is 57.5 cm³/mol. The van der Waals surface area contributed by atoms with Crippen LogP contribution >= 0.6 is 0 Å². The Bertz CT molecular complexity index is 215. The fourth-order valence-corrected chi connectivity index (χ4v) is 2.54. The Morgan fingerprint density at radius 2 is 2.14 bits per heavy atom. The molecule has 0 aromatic heterocycles. The van der Waals surface area contributed by atoms with Crippen LogP contribution in [0.1, 0.15) is 32.1 Å². The molecule has 3 heteroatoms. The zero-order valence-electron chi connectivity index (χ0n) is 8.78. The summed E-state index contributed by atoms with van der Waals surface area (Å²) in [6, 6.07) is 0. The van der Waals surface area contributed by atoms with Crippen LogP contribution < -0.4 is 0 Å². The SMILES string of the molecule is OCCC1CCCCN2CCCN=C12. The van der Waals surface area contributed by atoms with E-state index in [1.54, 1.807) is 0 Å². The summed E-state index contributed by atoms with van der Waals surface area (Å²) in [4.78, 5) is 7.08. The highest BCUT2D eigenvalue weighted by Crippen LogP contribution is 2.23. The van der Waals surface area contributed by atoms with Crippen molar-refractivity contribution < 1.29 is 5.11 Å². The van der Waals surface area contributed by atoms with E-state index in [2.05, 4.69) is 9.89 Å². The molecule has 80 valence electrons. The van der Waals surface area contributed by atoms with Gasteiger partial charge in [0.15, 0.2) is 0 Å². The van der Waals surface area contributed by atoms with Gasteiger partial charge in [-0.3, -0.25) is 4.99 Å². The lowest BCUT2D eigenvalue weighted by molar-refractivity contribution is 0.266. The summed E-state index contributed by atoms with van der Waals surface area (Å²) < 4.78 is 0. The molecular formula is C11H20N2O. The van der Waals surface area contributed by atoms with Crippen molar-refractivity contribution in [1.82, 2.24) is 4.90 Å². The van der Waals surface area contributed by atoms with E-state index in [4.69, 9.17) is 5.11 Å². The van der Waals surface area contributed by atoms with Gasteiger partial charge in [0.05, 0.1) is 0 Å². The Hall–Kier alpha value is -0.570. The smallest absolute Gasteiger partial charge is 0.102 e. The van der Waals surface area contributed by atoms with Gasteiger partial charge in [-0.2, -0.15) is 0 Å². The number of hydrogen-bond donors (Lipinski definition) is 1. The van der Waals surface area contributed by atoms with Crippen LogP contribution in [0.5, 0.6) is 0 Å². The van der Waals surface area contributed by atoms with Crippen LogP contribution in [-0.4, -0.2) is 42.1 Å². The van der Waals surface area contributed by atoms with E-state index >= 15 is 0 Å². The second kappa shape index (κ2) is 4.78. The molecule has 1 fully saturated rings. The summed E-state index contributed by atoms with van der Waals surface area (Å²) in [5.74, 6) is 1.82. The van der Waals surface area contributed by atoms with Crippen molar-refractivity contribution in [2.45, 2.75) is 32.1 Å². The standard InChI is InChI=1S/C11H20N2O/c14-9-5-10-4-1-2-7-13-8-3-6-12-11(10)13/h10,14H,1-9H2. The number of amidine groups is 1. The third kappa shape index (κ3) is 2.08. The molecule has 0 aromatic carbocycles. The second-order valence-electron chi connectivity index (χ2n) is 4.29. The summed E-state index contributed by atoms with van der Waals surface area (Å²) >= 11 is 0. The molecule has 1 N–H and O–H groups in total. The second-order valence-corrected chi connectivity index (χ2v) is 4.29. The molecule has 3 nitrogen and oxygen atoms in total. The van der Waals surface area contributed by atoms with Crippen LogP contribution in [-0.2, 0) is 0 Å². The number of aliphatic imine (C=N–C) groups is 1. The van der Waals surface area contributed by atoms with E-state index in [-0.39, 0.29) is 0 Å². The molecule has 2 rings (SSSR count). The molecule has 1 unspecified atom stereocenters. The number of hydrogen-bond acceptors (Lipinski definition) is 3. The lowest BCUT2D eigenvalue weighted by Gasteiger charge is -2.31. The Balaban J connectivity index is 2.09. The first kappa shape index (κ1) is 9.97. The van der Waals surface area contributed by atoms with Gasteiger partial charge in [-0.1, -0.05) is 6.42 Å². The van der Waals surface area contributed by atoms with Crippen molar-refractivity contribution in [1.29, 1.82) is 0 Å². The topological polar surface area (TPSA) is 35.8 Å². The van der Waals surface area contributed by atoms with Gasteiger partial charge in [0, 0.05) is 32.2 Å². The maximum atomic E-state index is 9.03. The molecule has 1 saturated heterocycles. The lowest BCUT2D eigenvalue weighted by atomic mass is 9.98. The highest BCUT2D eigenvalue weighted by molar-refractivity contribution is 5.85. The van der Waals surface area contributed by atoms with Gasteiger partial charge >= 0.3 is 0 Å². The molecule has 0 saturated carbocycles. The molecule has 2 aliphatic rings. The summed E-state index contributed by atoms with van der Waals surface area (Å²) in [5.41, 5.74) is 0. The van der Waals surface area contributed by atoms with Gasteiger partial charge in [-0.15, -0.1) is 0 Å². The Morgan fingerprint density at radius 1 is 1.29 bits per heavy atom. The molecular weight excluding hydrogens is 176 g/mol. The van der Waals surface area contributed by atoms with Gasteiger partial charge in [-0.05, 0) is 25.7 Å². The molecule has 0 radical (unpaired) electrons. The Morgan fingerprint density at radius 3 is 3.00 bits per heavy atom. The van der Waals surface area contributed by atoms with Gasteiger partial charge in [0.1, 0.15) is 5.84 Å². The molecule has 14 heavy (non-hydrogen) atoms. The number of fused-ring (bicyclic) bond motifs is 1. The maximum absolute atomic E-state index is 9.03. The van der Waals surface area contributed by atoms with E-state index in [9.17, 15) is 0 Å². The summed E-state index contributed by atoms with van der Waals surface area (Å²) in [5, 5.41) is 9.03. The van der Waals surface area contributed by atoms with E-state index in [0.29, 0.717) is 12.5 Å². The van der Waals surface area contributed by atoms with Gasteiger partial charge < -0.3 is 10.0 Å². The zero-order valence-corrected chi connectivity index (χ0v) is 8.78. The van der Waals surface area contributed by atoms with E-state index in [0.717, 1.165) is 13.0 Å². The van der Waals surface area contributed by atoms with Crippen molar-refractivity contribution in [3.8, 4) is 0 Å². The number of rotatable bonds is 2. The molecule has 0 bridgehead atoms. The average Bonchev–Trinajstić information content (AvgIpc) is 2.42. The van der Waals surface area contributed by atoms with Gasteiger partial charge in [0.2, 0.25) is 0 Å². The number of nitrogens with zero attached hydrogens (tertiary/aromatic N) is 2. The number of aliphatic hydroxyl groups excluding tert-OH is 1. The monoisotopic (exact) mass is 196 g/mol. The first-order chi connectivity index (χ1) is 6.92. The van der Waals surface area contributed by atoms with Crippen molar-refractivity contribution in [2.24, 2.45) is 10.9 Å². The molecule has 0 aromatic rings. The minimum atomic E-state index is 0.303. The summed E-state index contributed by atoms with van der Waals surface area (Å²) in [6.45, 7) is 3.66. The number of aliphatic hydroxyl groups is 1. The Kier molecular flexibility index (Phi) is 3.40. The normalized spacial score (nSPS) is 27.9. The molecule has 1 atom stereocenters. The first-order valence-electron chi connectivity index (χ1n) is 5.82. The summed E-state index contributed by atoms with van der Waals surface area (Å²) in [6.07, 6.45) is 5.90. The molecule has 2 heterocycles. The largest absolute Gasteiger partial charge is 0.396 e. The molecule has 0 aliphatic carbocycles. The van der Waals surface area contributed by atoms with Crippen LogP contribution in [0.15, 0.2) is 4.99 Å². The highest BCUT2D eigenvalue weighted by atomic mass is 16.3. The quantitative estimate of drug-likeness (QED) is 0.722. The molecule has 0 spiro atoms. The predicted octanol–water partition coefficient (Wildman–Crippen LogP) is 1.27. The molecule has 2 aliphatic heterocycles. The van der Waals surface area contributed by atoms with Crippen LogP contribution in [0.25, 0.3) is 0 Å². The highest BCUT2D eigenvalue weighted by Gasteiger charge is 2.25. The maximum Gasteiger partial charge on any atom is 0.102 e.